The summed E-state index contributed by atoms with van der Waals surface area (Å²) in [6, 6.07) is 3.50. The highest BCUT2D eigenvalue weighted by molar-refractivity contribution is 5.90. The van der Waals surface area contributed by atoms with Crippen molar-refractivity contribution >= 4 is 11.8 Å². The molecule has 0 spiro atoms. The Morgan fingerprint density at radius 2 is 2.14 bits per heavy atom. The van der Waals surface area contributed by atoms with Gasteiger partial charge in [-0.3, -0.25) is 19.4 Å². The zero-order valence-corrected chi connectivity index (χ0v) is 12.1. The van der Waals surface area contributed by atoms with Crippen LogP contribution < -0.4 is 5.73 Å². The molecule has 0 aliphatic carbocycles. The number of aromatic amines is 1. The van der Waals surface area contributed by atoms with E-state index in [1.165, 1.54) is 0 Å². The summed E-state index contributed by atoms with van der Waals surface area (Å²) in [5.41, 5.74) is 6.37. The van der Waals surface area contributed by atoms with Crippen molar-refractivity contribution in [1.29, 1.82) is 0 Å². The minimum Gasteiger partial charge on any atom is -0.364 e. The molecule has 0 aromatic carbocycles. The molecule has 1 fully saturated rings. The molecule has 2 aromatic rings. The van der Waals surface area contributed by atoms with E-state index >= 15 is 0 Å². The average molecular weight is 302 g/mol. The number of hydrogen-bond donors (Lipinski definition) is 2. The number of nitrogens with zero attached hydrogens (tertiary/aromatic N) is 4. The molecule has 0 saturated carbocycles. The van der Waals surface area contributed by atoms with E-state index in [9.17, 15) is 9.59 Å². The van der Waals surface area contributed by atoms with Crippen molar-refractivity contribution in [3.05, 3.63) is 35.9 Å². The fourth-order valence-corrected chi connectivity index (χ4v) is 2.74. The van der Waals surface area contributed by atoms with Crippen LogP contribution in [0.25, 0.3) is 0 Å². The summed E-state index contributed by atoms with van der Waals surface area (Å²) in [4.78, 5) is 25.1. The van der Waals surface area contributed by atoms with Gasteiger partial charge < -0.3 is 10.6 Å². The molecule has 1 aliphatic rings. The first-order valence-electron chi connectivity index (χ1n) is 7.24. The van der Waals surface area contributed by atoms with Gasteiger partial charge in [0.15, 0.2) is 0 Å². The number of amides is 2. The van der Waals surface area contributed by atoms with Crippen molar-refractivity contribution in [3.63, 3.8) is 0 Å². The SMILES string of the molecule is NC(=O)c1cc(C2CCN(C(=O)Cn3cccn3)CC2)[nH]n1. The maximum atomic E-state index is 12.2. The molecule has 8 heteroatoms. The second kappa shape index (κ2) is 6.00. The maximum Gasteiger partial charge on any atom is 0.269 e. The summed E-state index contributed by atoms with van der Waals surface area (Å²) in [6.07, 6.45) is 5.12. The molecule has 0 radical (unpaired) electrons. The van der Waals surface area contributed by atoms with Crippen LogP contribution in [0, 0.1) is 0 Å². The Morgan fingerprint density at radius 1 is 1.36 bits per heavy atom. The van der Waals surface area contributed by atoms with Crippen molar-refractivity contribution in [2.75, 3.05) is 13.1 Å². The van der Waals surface area contributed by atoms with E-state index in [1.54, 1.807) is 29.2 Å². The molecule has 2 amide bonds. The standard InChI is InChI=1S/C14H18N6O2/c15-14(22)12-8-11(17-18-12)10-2-6-19(7-3-10)13(21)9-20-5-1-4-16-20/h1,4-5,8,10H,2-3,6-7,9H2,(H2,15,22)(H,17,18). The first kappa shape index (κ1) is 14.3. The lowest BCUT2D eigenvalue weighted by Gasteiger charge is -2.31. The van der Waals surface area contributed by atoms with Gasteiger partial charge in [-0.15, -0.1) is 0 Å². The van der Waals surface area contributed by atoms with Crippen LogP contribution in [0.4, 0.5) is 0 Å². The van der Waals surface area contributed by atoms with E-state index in [0.29, 0.717) is 13.1 Å². The van der Waals surface area contributed by atoms with Crippen LogP contribution in [0.2, 0.25) is 0 Å². The molecular weight excluding hydrogens is 284 g/mol. The van der Waals surface area contributed by atoms with Gasteiger partial charge in [-0.1, -0.05) is 0 Å². The minimum absolute atomic E-state index is 0.0737. The molecule has 3 rings (SSSR count). The number of likely N-dealkylation sites (tertiary alicyclic amines) is 1. The second-order valence-corrected chi connectivity index (χ2v) is 5.43. The summed E-state index contributed by atoms with van der Waals surface area (Å²) in [7, 11) is 0. The Kier molecular flexibility index (Phi) is 3.90. The van der Waals surface area contributed by atoms with Crippen molar-refractivity contribution in [2.45, 2.75) is 25.3 Å². The van der Waals surface area contributed by atoms with Crippen LogP contribution in [-0.4, -0.2) is 49.8 Å². The Labute approximate surface area is 127 Å². The van der Waals surface area contributed by atoms with E-state index in [4.69, 9.17) is 5.73 Å². The van der Waals surface area contributed by atoms with Crippen molar-refractivity contribution < 1.29 is 9.59 Å². The largest absolute Gasteiger partial charge is 0.364 e. The van der Waals surface area contributed by atoms with Crippen LogP contribution in [0.5, 0.6) is 0 Å². The number of nitrogens with two attached hydrogens (primary N) is 1. The van der Waals surface area contributed by atoms with Gasteiger partial charge in [-0.2, -0.15) is 10.2 Å². The number of carbonyl (C=O) groups excluding carboxylic acids is 2. The minimum atomic E-state index is -0.533. The summed E-state index contributed by atoms with van der Waals surface area (Å²) in [5, 5.41) is 10.8. The molecule has 3 N–H and O–H groups in total. The lowest BCUT2D eigenvalue weighted by atomic mass is 9.93. The van der Waals surface area contributed by atoms with Crippen molar-refractivity contribution in [1.82, 2.24) is 24.9 Å². The number of primary amides is 1. The molecule has 1 saturated heterocycles. The number of rotatable bonds is 4. The van der Waals surface area contributed by atoms with E-state index in [0.717, 1.165) is 18.5 Å². The van der Waals surface area contributed by atoms with E-state index in [-0.39, 0.29) is 24.1 Å². The van der Waals surface area contributed by atoms with Gasteiger partial charge in [0.2, 0.25) is 5.91 Å². The van der Waals surface area contributed by atoms with Crippen molar-refractivity contribution in [2.24, 2.45) is 5.73 Å². The predicted octanol–water partition coefficient (Wildman–Crippen LogP) is 0.111. The predicted molar refractivity (Wildman–Crippen MR) is 77.9 cm³/mol. The van der Waals surface area contributed by atoms with Crippen LogP contribution >= 0.6 is 0 Å². The van der Waals surface area contributed by atoms with Gasteiger partial charge in [0.1, 0.15) is 12.2 Å². The first-order chi connectivity index (χ1) is 10.6. The van der Waals surface area contributed by atoms with Gasteiger partial charge in [0.25, 0.3) is 5.91 Å². The van der Waals surface area contributed by atoms with E-state index in [1.807, 2.05) is 4.90 Å². The van der Waals surface area contributed by atoms with Gasteiger partial charge in [0.05, 0.1) is 0 Å². The number of nitrogens with one attached hydrogen (secondary N) is 1. The summed E-state index contributed by atoms with van der Waals surface area (Å²) in [5.74, 6) is -0.187. The van der Waals surface area contributed by atoms with Crippen LogP contribution in [-0.2, 0) is 11.3 Å². The fourth-order valence-electron chi connectivity index (χ4n) is 2.74. The molecule has 8 nitrogen and oxygen atoms in total. The van der Waals surface area contributed by atoms with Crippen LogP contribution in [0.1, 0.15) is 34.9 Å². The van der Waals surface area contributed by atoms with Gasteiger partial charge in [-0.25, -0.2) is 0 Å². The normalized spacial score (nSPS) is 15.9. The third-order valence-electron chi connectivity index (χ3n) is 3.99. The number of carbonyl (C=O) groups is 2. The lowest BCUT2D eigenvalue weighted by Crippen LogP contribution is -2.39. The highest BCUT2D eigenvalue weighted by Crippen LogP contribution is 2.27. The highest BCUT2D eigenvalue weighted by Gasteiger charge is 2.25. The zero-order valence-electron chi connectivity index (χ0n) is 12.1. The Bertz CT molecular complexity index is 655. The summed E-state index contributed by atoms with van der Waals surface area (Å²) < 4.78 is 1.63. The molecule has 3 heterocycles. The molecule has 116 valence electrons. The van der Waals surface area contributed by atoms with Gasteiger partial charge in [0, 0.05) is 37.1 Å². The van der Waals surface area contributed by atoms with Crippen molar-refractivity contribution in [3.8, 4) is 0 Å². The van der Waals surface area contributed by atoms with Crippen LogP contribution in [0.3, 0.4) is 0 Å². The zero-order chi connectivity index (χ0) is 15.5. The quantitative estimate of drug-likeness (QED) is 0.835. The number of hydrogen-bond acceptors (Lipinski definition) is 4. The Balaban J connectivity index is 1.55. The number of piperidine rings is 1. The number of H-pyrrole nitrogens is 1. The third kappa shape index (κ3) is 3.00. The molecule has 0 bridgehead atoms. The Morgan fingerprint density at radius 3 is 2.73 bits per heavy atom. The smallest absolute Gasteiger partial charge is 0.269 e. The highest BCUT2D eigenvalue weighted by atomic mass is 16.2. The molecule has 1 aliphatic heterocycles. The maximum absolute atomic E-state index is 12.2. The molecule has 0 unspecified atom stereocenters. The Hall–Kier alpha value is -2.64. The van der Waals surface area contributed by atoms with E-state index in [2.05, 4.69) is 15.3 Å². The van der Waals surface area contributed by atoms with Crippen LogP contribution in [0.15, 0.2) is 24.5 Å². The lowest BCUT2D eigenvalue weighted by molar-refractivity contribution is -0.133. The molecular formula is C14H18N6O2. The summed E-state index contributed by atoms with van der Waals surface area (Å²) in [6.45, 7) is 1.65. The third-order valence-corrected chi connectivity index (χ3v) is 3.99. The topological polar surface area (TPSA) is 110 Å². The van der Waals surface area contributed by atoms with Gasteiger partial charge >= 0.3 is 0 Å². The fraction of sp³-hybridized carbons (Fsp3) is 0.429. The first-order valence-corrected chi connectivity index (χ1v) is 7.24. The molecule has 0 atom stereocenters. The summed E-state index contributed by atoms with van der Waals surface area (Å²) >= 11 is 0. The average Bonchev–Trinajstić information content (AvgIpc) is 3.18. The molecule has 22 heavy (non-hydrogen) atoms. The van der Waals surface area contributed by atoms with Gasteiger partial charge in [-0.05, 0) is 25.0 Å². The van der Waals surface area contributed by atoms with E-state index < -0.39 is 5.91 Å². The molecule has 2 aromatic heterocycles. The second-order valence-electron chi connectivity index (χ2n) is 5.43. The monoisotopic (exact) mass is 302 g/mol. The number of aromatic nitrogens is 4.